The summed E-state index contributed by atoms with van der Waals surface area (Å²) in [5.41, 5.74) is 1.24. The van der Waals surface area contributed by atoms with Crippen molar-refractivity contribution in [2.75, 3.05) is 19.6 Å². The molecular weight excluding hydrogens is 306 g/mol. The third-order valence-corrected chi connectivity index (χ3v) is 4.83. The number of hydrogen-bond donors (Lipinski definition) is 0. The monoisotopic (exact) mass is 323 g/mol. The normalized spacial score (nSPS) is 16.0. The van der Waals surface area contributed by atoms with Gasteiger partial charge in [-0.1, -0.05) is 53.7 Å². The number of nitrogens with zero attached hydrogens (tertiary/aromatic N) is 3. The van der Waals surface area contributed by atoms with Crippen LogP contribution in [-0.4, -0.2) is 34.7 Å². The van der Waals surface area contributed by atoms with E-state index in [0.717, 1.165) is 30.4 Å². The molecule has 1 aliphatic heterocycles. The highest BCUT2D eigenvalue weighted by atomic mass is 32.1. The van der Waals surface area contributed by atoms with Gasteiger partial charge in [0.15, 0.2) is 0 Å². The van der Waals surface area contributed by atoms with E-state index in [1.54, 1.807) is 11.3 Å². The van der Waals surface area contributed by atoms with Crippen LogP contribution in [0, 0.1) is 0 Å². The highest BCUT2D eigenvalue weighted by molar-refractivity contribution is 7.13. The van der Waals surface area contributed by atoms with E-state index in [1.807, 2.05) is 23.6 Å². The maximum absolute atomic E-state index is 5.42. The molecule has 0 spiro atoms. The molecule has 4 rings (SSSR count). The quantitative estimate of drug-likeness (QED) is 0.714. The molecule has 23 heavy (non-hydrogen) atoms. The lowest BCUT2D eigenvalue weighted by atomic mass is 10.0. The van der Waals surface area contributed by atoms with Gasteiger partial charge in [-0.05, 0) is 17.0 Å². The summed E-state index contributed by atoms with van der Waals surface area (Å²) in [5, 5.41) is 6.10. The molecule has 5 heteroatoms. The Morgan fingerprint density at radius 1 is 1.17 bits per heavy atom. The van der Waals surface area contributed by atoms with Gasteiger partial charge in [0.2, 0.25) is 11.7 Å². The third-order valence-electron chi connectivity index (χ3n) is 3.96. The summed E-state index contributed by atoms with van der Waals surface area (Å²) < 4.78 is 5.42. The molecule has 0 atom stereocenters. The van der Waals surface area contributed by atoms with E-state index in [9.17, 15) is 0 Å². The van der Waals surface area contributed by atoms with Gasteiger partial charge >= 0.3 is 0 Å². The molecule has 3 heterocycles. The van der Waals surface area contributed by atoms with Gasteiger partial charge in [-0.25, -0.2) is 0 Å². The Hall–Kier alpha value is -2.24. The summed E-state index contributed by atoms with van der Waals surface area (Å²) in [7, 11) is 0. The summed E-state index contributed by atoms with van der Waals surface area (Å²) in [6.07, 6.45) is 4.37. The topological polar surface area (TPSA) is 42.2 Å². The number of rotatable bonds is 5. The van der Waals surface area contributed by atoms with Gasteiger partial charge in [-0.15, -0.1) is 11.3 Å². The van der Waals surface area contributed by atoms with Crippen LogP contribution in [0.3, 0.4) is 0 Å². The predicted octanol–water partition coefficient (Wildman–Crippen LogP) is 3.91. The molecule has 0 N–H and O–H groups in total. The van der Waals surface area contributed by atoms with Crippen molar-refractivity contribution in [1.29, 1.82) is 0 Å². The van der Waals surface area contributed by atoms with Gasteiger partial charge in [0, 0.05) is 19.6 Å². The highest BCUT2D eigenvalue weighted by Crippen LogP contribution is 2.28. The second-order valence-corrected chi connectivity index (χ2v) is 6.61. The first-order chi connectivity index (χ1) is 11.4. The number of thiophene rings is 1. The zero-order valence-corrected chi connectivity index (χ0v) is 13.4. The fraction of sp³-hybridized carbons (Fsp3) is 0.222. The van der Waals surface area contributed by atoms with Crippen LogP contribution < -0.4 is 0 Å². The molecule has 0 bridgehead atoms. The van der Waals surface area contributed by atoms with Crippen LogP contribution >= 0.6 is 11.3 Å². The number of likely N-dealkylation sites (tertiary alicyclic amines) is 1. The Balaban J connectivity index is 1.29. The Morgan fingerprint density at radius 3 is 2.83 bits per heavy atom. The van der Waals surface area contributed by atoms with Crippen molar-refractivity contribution >= 4 is 17.4 Å². The number of aromatic nitrogens is 2. The molecule has 0 amide bonds. The lowest BCUT2D eigenvalue weighted by molar-refractivity contribution is 0.140. The van der Waals surface area contributed by atoms with Crippen molar-refractivity contribution in [2.45, 2.75) is 5.92 Å². The van der Waals surface area contributed by atoms with Gasteiger partial charge in [0.25, 0.3) is 0 Å². The highest BCUT2D eigenvalue weighted by Gasteiger charge is 2.31. The van der Waals surface area contributed by atoms with Gasteiger partial charge in [0.1, 0.15) is 0 Å². The first kappa shape index (κ1) is 14.4. The average Bonchev–Trinajstić information content (AvgIpc) is 3.21. The van der Waals surface area contributed by atoms with Crippen molar-refractivity contribution in [3.63, 3.8) is 0 Å². The second-order valence-electron chi connectivity index (χ2n) is 5.66. The van der Waals surface area contributed by atoms with E-state index >= 15 is 0 Å². The predicted molar refractivity (Wildman–Crippen MR) is 92.3 cm³/mol. The van der Waals surface area contributed by atoms with Crippen LogP contribution in [0.5, 0.6) is 0 Å². The third kappa shape index (κ3) is 3.25. The molecule has 4 nitrogen and oxygen atoms in total. The van der Waals surface area contributed by atoms with Gasteiger partial charge in [0.05, 0.1) is 10.8 Å². The fourth-order valence-electron chi connectivity index (χ4n) is 2.68. The molecule has 2 aromatic heterocycles. The minimum Gasteiger partial charge on any atom is -0.339 e. The van der Waals surface area contributed by atoms with Gasteiger partial charge in [-0.3, -0.25) is 4.90 Å². The van der Waals surface area contributed by atoms with E-state index in [4.69, 9.17) is 4.52 Å². The first-order valence-electron chi connectivity index (χ1n) is 7.70. The lowest BCUT2D eigenvalue weighted by Crippen LogP contribution is -2.44. The molecule has 1 aromatic carbocycles. The lowest BCUT2D eigenvalue weighted by Gasteiger charge is -2.36. The van der Waals surface area contributed by atoms with Crippen molar-refractivity contribution in [1.82, 2.24) is 15.0 Å². The van der Waals surface area contributed by atoms with Crippen LogP contribution in [0.1, 0.15) is 17.4 Å². The Bertz CT molecular complexity index is 774. The standard InChI is InChI=1S/C18H17N3OS/c1-2-6-14(7-3-1)8-4-10-21-12-15(13-21)18-19-17(20-22-18)16-9-5-11-23-16/h1-9,11,15H,10,12-13H2/b8-4+. The number of benzene rings is 1. The zero-order valence-electron chi connectivity index (χ0n) is 12.6. The van der Waals surface area contributed by atoms with Gasteiger partial charge < -0.3 is 4.52 Å². The minimum absolute atomic E-state index is 0.362. The van der Waals surface area contributed by atoms with Crippen LogP contribution in [0.4, 0.5) is 0 Å². The first-order valence-corrected chi connectivity index (χ1v) is 8.58. The summed E-state index contributed by atoms with van der Waals surface area (Å²) in [4.78, 5) is 7.96. The largest absolute Gasteiger partial charge is 0.339 e. The van der Waals surface area contributed by atoms with E-state index in [1.165, 1.54) is 5.56 Å². The van der Waals surface area contributed by atoms with Crippen molar-refractivity contribution in [2.24, 2.45) is 0 Å². The van der Waals surface area contributed by atoms with E-state index in [2.05, 4.69) is 51.5 Å². The molecule has 1 saturated heterocycles. The molecule has 0 saturated carbocycles. The molecule has 3 aromatic rings. The maximum atomic E-state index is 5.42. The molecule has 1 fully saturated rings. The minimum atomic E-state index is 0.362. The molecular formula is C18H17N3OS. The molecule has 0 aliphatic carbocycles. The van der Waals surface area contributed by atoms with Crippen molar-refractivity contribution < 1.29 is 4.52 Å². The summed E-state index contributed by atoms with van der Waals surface area (Å²) >= 11 is 1.63. The summed E-state index contributed by atoms with van der Waals surface area (Å²) in [6.45, 7) is 2.91. The van der Waals surface area contributed by atoms with Crippen LogP contribution in [0.15, 0.2) is 58.4 Å². The fourth-order valence-corrected chi connectivity index (χ4v) is 3.33. The maximum Gasteiger partial charge on any atom is 0.232 e. The smallest absolute Gasteiger partial charge is 0.232 e. The van der Waals surface area contributed by atoms with Crippen LogP contribution in [-0.2, 0) is 0 Å². The Morgan fingerprint density at radius 2 is 2.04 bits per heavy atom. The van der Waals surface area contributed by atoms with E-state index in [-0.39, 0.29) is 0 Å². The summed E-state index contributed by atoms with van der Waals surface area (Å²) in [6, 6.07) is 14.4. The van der Waals surface area contributed by atoms with E-state index < -0.39 is 0 Å². The molecule has 0 unspecified atom stereocenters. The molecule has 1 aliphatic rings. The Labute approximate surface area is 139 Å². The number of hydrogen-bond acceptors (Lipinski definition) is 5. The van der Waals surface area contributed by atoms with Crippen LogP contribution in [0.25, 0.3) is 16.8 Å². The van der Waals surface area contributed by atoms with Gasteiger partial charge in [-0.2, -0.15) is 4.98 Å². The van der Waals surface area contributed by atoms with Crippen LogP contribution in [0.2, 0.25) is 0 Å². The van der Waals surface area contributed by atoms with Crippen molar-refractivity contribution in [3.8, 4) is 10.7 Å². The second kappa shape index (κ2) is 6.48. The molecule has 116 valence electrons. The zero-order chi connectivity index (χ0) is 15.5. The van der Waals surface area contributed by atoms with Crippen molar-refractivity contribution in [3.05, 3.63) is 65.4 Å². The molecule has 0 radical (unpaired) electrons. The summed E-state index contributed by atoms with van der Waals surface area (Å²) in [5.74, 6) is 1.83. The SMILES string of the molecule is C(=C\c1ccccc1)/CN1CC(c2nc(-c3cccs3)no2)C1. The average molecular weight is 323 g/mol. The Kier molecular flexibility index (Phi) is 4.05. The van der Waals surface area contributed by atoms with E-state index in [0.29, 0.717) is 11.7 Å².